The molecule has 2 aromatic heterocycles. The number of fused-ring (bicyclic) bond motifs is 4. The summed E-state index contributed by atoms with van der Waals surface area (Å²) in [6.07, 6.45) is 0.208. The lowest BCUT2D eigenvalue weighted by molar-refractivity contribution is -0.138. The predicted octanol–water partition coefficient (Wildman–Crippen LogP) is 10.1. The minimum atomic E-state index is -0.998. The number of benzene rings is 4. The highest BCUT2D eigenvalue weighted by atomic mass is 16.7. The van der Waals surface area contributed by atoms with Crippen molar-refractivity contribution in [1.82, 2.24) is 19.8 Å². The highest BCUT2D eigenvalue weighted by Gasteiger charge is 2.48. The number of esters is 1. The van der Waals surface area contributed by atoms with E-state index in [0.717, 1.165) is 21.8 Å². The van der Waals surface area contributed by atoms with Crippen molar-refractivity contribution in [2.45, 2.75) is 65.2 Å². The number of methoxy groups -OCH3 is 1. The van der Waals surface area contributed by atoms with Gasteiger partial charge in [0.25, 0.3) is 12.0 Å². The maximum absolute atomic E-state index is 13.4. The molecule has 17 heteroatoms. The number of hydrogen-bond acceptors (Lipinski definition) is 12. The Kier molecular flexibility index (Phi) is 10.9. The smallest absolute Gasteiger partial charge is 0.464 e. The zero-order chi connectivity index (χ0) is 46.5. The molecule has 0 bridgehead atoms. The number of para-hydroxylation sites is 2. The molecule has 2 N–H and O–H groups in total. The Hall–Kier alpha value is -8.26. The third kappa shape index (κ3) is 8.08. The standard InChI is InChI=1S/C25H24N2O7.C24H21N3O5/c1-25(2,3)34-24(29)27-20(23(28)30-4)21(16-12-26-17-8-6-5-7-15(16)17)33-22(27)14-9-10-18-19(11-14)32-13-31-18;1-24(2,3)32-23(28)27-21(25-4)20(16-12-26-17-8-6-5-7-15(16)17)31-22(27)14-9-10-18-19(11-14)30-13-29-18/h5-12,22,26H,13H2,1-4H3;5-12,22,26H,13H2,1-3H3. The SMILES string of the molecule is COC(=O)C1=C(c2c[nH]c3ccccc23)OC(c2ccc3c(c2)OCO3)N1C(=O)OC(C)(C)C.[C-]#[N+]C1=C(c2c[nH]c3ccccc23)OC(c2ccc3c(c2)OCO3)N1C(=O)OC(C)(C)C. The summed E-state index contributed by atoms with van der Waals surface area (Å²) in [4.78, 5) is 52.1. The van der Waals surface area contributed by atoms with Crippen LogP contribution in [0.25, 0.3) is 38.2 Å². The van der Waals surface area contributed by atoms with Gasteiger partial charge < -0.3 is 57.4 Å². The summed E-state index contributed by atoms with van der Waals surface area (Å²) in [6.45, 7) is 18.7. The lowest BCUT2D eigenvalue weighted by atomic mass is 10.1. The molecule has 10 rings (SSSR count). The van der Waals surface area contributed by atoms with Crippen LogP contribution in [-0.4, -0.2) is 69.8 Å². The highest BCUT2D eigenvalue weighted by Crippen LogP contribution is 2.48. The Labute approximate surface area is 378 Å². The van der Waals surface area contributed by atoms with Crippen LogP contribution in [0.4, 0.5) is 9.59 Å². The first-order valence-corrected chi connectivity index (χ1v) is 20.9. The maximum Gasteiger partial charge on any atom is 0.495 e. The molecule has 4 aromatic carbocycles. The molecule has 17 nitrogen and oxygen atoms in total. The summed E-state index contributed by atoms with van der Waals surface area (Å²) in [5.74, 6) is 2.13. The first-order valence-electron chi connectivity index (χ1n) is 20.9. The Balaban J connectivity index is 0.000000166. The van der Waals surface area contributed by atoms with Gasteiger partial charge in [0.2, 0.25) is 19.8 Å². The normalized spacial score (nSPS) is 17.3. The van der Waals surface area contributed by atoms with Gasteiger partial charge in [0.05, 0.1) is 7.11 Å². The monoisotopic (exact) mass is 895 g/mol. The van der Waals surface area contributed by atoms with Crippen LogP contribution in [0.2, 0.25) is 0 Å². The number of carbonyl (C=O) groups is 3. The van der Waals surface area contributed by atoms with Crippen LogP contribution in [-0.2, 0) is 28.5 Å². The quantitative estimate of drug-likeness (QED) is 0.0953. The fourth-order valence-corrected chi connectivity index (χ4v) is 7.73. The van der Waals surface area contributed by atoms with E-state index in [9.17, 15) is 14.4 Å². The van der Waals surface area contributed by atoms with Crippen molar-refractivity contribution < 1.29 is 57.0 Å². The molecule has 0 fully saturated rings. The fourth-order valence-electron chi connectivity index (χ4n) is 7.73. The molecule has 2 unspecified atom stereocenters. The summed E-state index contributed by atoms with van der Waals surface area (Å²) in [7, 11) is 1.25. The van der Waals surface area contributed by atoms with Crippen LogP contribution in [0, 0.1) is 6.57 Å². The number of H-pyrrole nitrogens is 2. The van der Waals surface area contributed by atoms with Gasteiger partial charge in [-0.05, 0) is 90.1 Å². The Morgan fingerprint density at radius 2 is 1.09 bits per heavy atom. The summed E-state index contributed by atoms with van der Waals surface area (Å²) in [5, 5.41) is 1.72. The van der Waals surface area contributed by atoms with E-state index in [1.54, 1.807) is 90.3 Å². The number of nitrogens with zero attached hydrogens (tertiary/aromatic N) is 3. The Morgan fingerprint density at radius 1 is 0.636 bits per heavy atom. The maximum atomic E-state index is 13.4. The van der Waals surface area contributed by atoms with Crippen LogP contribution in [0.1, 0.15) is 76.3 Å². The second-order valence-corrected chi connectivity index (χ2v) is 17.3. The molecule has 2 atom stereocenters. The van der Waals surface area contributed by atoms with E-state index in [1.165, 1.54) is 16.9 Å². The largest absolute Gasteiger partial charge is 0.495 e. The number of rotatable bonds is 5. The van der Waals surface area contributed by atoms with Crippen LogP contribution in [0.3, 0.4) is 0 Å². The minimum Gasteiger partial charge on any atom is -0.464 e. The number of amides is 2. The molecular weight excluding hydrogens is 851 g/mol. The van der Waals surface area contributed by atoms with Crippen molar-refractivity contribution in [3.8, 4) is 23.0 Å². The predicted molar refractivity (Wildman–Crippen MR) is 238 cm³/mol. The van der Waals surface area contributed by atoms with Gasteiger partial charge in [0.1, 0.15) is 11.2 Å². The van der Waals surface area contributed by atoms with Crippen LogP contribution in [0.15, 0.2) is 109 Å². The molecule has 66 heavy (non-hydrogen) atoms. The molecule has 0 aliphatic carbocycles. The molecule has 0 spiro atoms. The zero-order valence-corrected chi connectivity index (χ0v) is 37.0. The average Bonchev–Trinajstić information content (AvgIpc) is 4.15. The van der Waals surface area contributed by atoms with Crippen molar-refractivity contribution in [3.05, 3.63) is 143 Å². The van der Waals surface area contributed by atoms with Crippen LogP contribution in [0.5, 0.6) is 23.0 Å². The lowest BCUT2D eigenvalue weighted by Gasteiger charge is -2.28. The second kappa shape index (κ2) is 16.7. The molecule has 4 aliphatic rings. The first kappa shape index (κ1) is 43.0. The number of aromatic amines is 2. The van der Waals surface area contributed by atoms with E-state index in [0.29, 0.717) is 51.0 Å². The van der Waals surface area contributed by atoms with Crippen molar-refractivity contribution >= 4 is 51.5 Å². The van der Waals surface area contributed by atoms with Crippen molar-refractivity contribution in [2.75, 3.05) is 20.7 Å². The molecule has 2 amide bonds. The summed E-state index contributed by atoms with van der Waals surface area (Å²) in [5.41, 5.74) is 2.68. The third-order valence-corrected chi connectivity index (χ3v) is 10.5. The van der Waals surface area contributed by atoms with Gasteiger partial charge in [-0.1, -0.05) is 43.0 Å². The van der Waals surface area contributed by atoms with E-state index in [1.807, 2.05) is 48.5 Å². The van der Waals surface area contributed by atoms with Gasteiger partial charge in [0, 0.05) is 56.5 Å². The van der Waals surface area contributed by atoms with Gasteiger partial charge in [-0.2, -0.15) is 4.90 Å². The van der Waals surface area contributed by atoms with Gasteiger partial charge >= 0.3 is 18.2 Å². The molecule has 4 aliphatic heterocycles. The highest BCUT2D eigenvalue weighted by molar-refractivity contribution is 6.04. The molecule has 6 aromatic rings. The number of nitrogens with one attached hydrogen (secondary N) is 2. The summed E-state index contributed by atoms with van der Waals surface area (Å²) in [6, 6.07) is 25.8. The van der Waals surface area contributed by atoms with E-state index < -0.39 is 41.8 Å². The second-order valence-electron chi connectivity index (χ2n) is 17.3. The topological polar surface area (TPSA) is 177 Å². The summed E-state index contributed by atoms with van der Waals surface area (Å²) >= 11 is 0. The van der Waals surface area contributed by atoms with Gasteiger partial charge in [-0.25, -0.2) is 19.3 Å². The lowest BCUT2D eigenvalue weighted by Crippen LogP contribution is -2.38. The minimum absolute atomic E-state index is 0.0517. The van der Waals surface area contributed by atoms with Crippen molar-refractivity contribution in [1.29, 1.82) is 0 Å². The number of aromatic nitrogens is 2. The third-order valence-electron chi connectivity index (χ3n) is 10.5. The van der Waals surface area contributed by atoms with Gasteiger partial charge in [-0.3, -0.25) is 0 Å². The Morgan fingerprint density at radius 3 is 1.59 bits per heavy atom. The Bertz CT molecular complexity index is 3020. The van der Waals surface area contributed by atoms with Crippen LogP contribution >= 0.6 is 0 Å². The van der Waals surface area contributed by atoms with E-state index in [-0.39, 0.29) is 30.9 Å². The number of hydrogen-bond donors (Lipinski definition) is 2. The average molecular weight is 896 g/mol. The molecular formula is C49H45N5O12. The van der Waals surface area contributed by atoms with Crippen molar-refractivity contribution in [3.63, 3.8) is 0 Å². The fraction of sp³-hybridized carbons (Fsp3) is 0.265. The zero-order valence-electron chi connectivity index (χ0n) is 37.0. The molecule has 338 valence electrons. The van der Waals surface area contributed by atoms with E-state index in [4.69, 9.17) is 49.2 Å². The van der Waals surface area contributed by atoms with E-state index >= 15 is 0 Å². The molecule has 0 saturated carbocycles. The van der Waals surface area contributed by atoms with Gasteiger partial charge in [-0.15, -0.1) is 0 Å². The number of carbonyl (C=O) groups excluding carboxylic acids is 3. The van der Waals surface area contributed by atoms with Gasteiger partial charge in [0.15, 0.2) is 40.2 Å². The molecule has 0 radical (unpaired) electrons. The van der Waals surface area contributed by atoms with E-state index in [2.05, 4.69) is 14.8 Å². The molecule has 0 saturated heterocycles. The molecule has 6 heterocycles. The van der Waals surface area contributed by atoms with Crippen LogP contribution < -0.4 is 18.9 Å². The van der Waals surface area contributed by atoms with Crippen molar-refractivity contribution in [2.24, 2.45) is 0 Å². The number of ether oxygens (including phenoxy) is 9. The summed E-state index contributed by atoms with van der Waals surface area (Å²) < 4.78 is 50.7. The first-order chi connectivity index (χ1) is 31.6.